The summed E-state index contributed by atoms with van der Waals surface area (Å²) in [6, 6.07) is 7.76. The monoisotopic (exact) mass is 238 g/mol. The molecule has 2 aromatic rings. The number of aliphatic hydroxyl groups is 1. The van der Waals surface area contributed by atoms with E-state index in [1.165, 1.54) is 30.3 Å². The molecule has 0 unspecified atom stereocenters. The average Bonchev–Trinajstić information content (AvgIpc) is 2.33. The molecule has 88 valence electrons. The summed E-state index contributed by atoms with van der Waals surface area (Å²) < 4.78 is 40.4. The second kappa shape index (κ2) is 4.59. The second-order valence-corrected chi connectivity index (χ2v) is 3.54. The van der Waals surface area contributed by atoms with Crippen LogP contribution in [0.25, 0.3) is 11.1 Å². The third-order valence-corrected chi connectivity index (χ3v) is 2.49. The Bertz CT molecular complexity index is 552. The highest BCUT2D eigenvalue weighted by molar-refractivity contribution is 5.65. The minimum Gasteiger partial charge on any atom is -0.392 e. The maximum Gasteiger partial charge on any atom is 0.166 e. The van der Waals surface area contributed by atoms with Gasteiger partial charge in [0.25, 0.3) is 0 Å². The van der Waals surface area contributed by atoms with E-state index in [-0.39, 0.29) is 16.7 Å². The molecule has 1 nitrogen and oxygen atoms in total. The number of halogens is 3. The molecule has 0 aromatic heterocycles. The molecule has 2 aromatic carbocycles. The van der Waals surface area contributed by atoms with Crippen molar-refractivity contribution in [2.75, 3.05) is 0 Å². The van der Waals surface area contributed by atoms with Gasteiger partial charge in [0.05, 0.1) is 6.61 Å². The smallest absolute Gasteiger partial charge is 0.166 e. The molecule has 0 aliphatic heterocycles. The quantitative estimate of drug-likeness (QED) is 0.851. The van der Waals surface area contributed by atoms with E-state index >= 15 is 0 Å². The van der Waals surface area contributed by atoms with Crippen molar-refractivity contribution in [2.24, 2.45) is 0 Å². The van der Waals surface area contributed by atoms with Gasteiger partial charge in [0, 0.05) is 16.7 Å². The lowest BCUT2D eigenvalue weighted by molar-refractivity contribution is 0.276. The molecule has 0 aliphatic rings. The lowest BCUT2D eigenvalue weighted by Gasteiger charge is -2.08. The summed E-state index contributed by atoms with van der Waals surface area (Å²) in [4.78, 5) is 0. The van der Waals surface area contributed by atoms with Crippen LogP contribution < -0.4 is 0 Å². The van der Waals surface area contributed by atoms with Crippen LogP contribution in [0.1, 0.15) is 5.56 Å². The van der Waals surface area contributed by atoms with Crippen molar-refractivity contribution in [3.63, 3.8) is 0 Å². The van der Waals surface area contributed by atoms with E-state index in [9.17, 15) is 13.2 Å². The fourth-order valence-electron chi connectivity index (χ4n) is 1.62. The topological polar surface area (TPSA) is 20.2 Å². The maximum atomic E-state index is 13.8. The molecular formula is C13H9F3O. The number of benzene rings is 2. The Hall–Kier alpha value is -1.81. The summed E-state index contributed by atoms with van der Waals surface area (Å²) in [5, 5.41) is 8.91. The Kier molecular flexibility index (Phi) is 3.15. The van der Waals surface area contributed by atoms with Crippen LogP contribution in [0.4, 0.5) is 13.2 Å². The molecule has 1 N–H and O–H groups in total. The predicted octanol–water partition coefficient (Wildman–Crippen LogP) is 3.26. The van der Waals surface area contributed by atoms with Crippen molar-refractivity contribution >= 4 is 0 Å². The molecule has 4 heteroatoms. The largest absolute Gasteiger partial charge is 0.392 e. The minimum absolute atomic E-state index is 0.0474. The van der Waals surface area contributed by atoms with Crippen LogP contribution in [0.3, 0.4) is 0 Å². The number of hydrogen-bond acceptors (Lipinski definition) is 1. The normalized spacial score (nSPS) is 10.6. The Morgan fingerprint density at radius 3 is 2.06 bits per heavy atom. The second-order valence-electron chi connectivity index (χ2n) is 3.54. The molecule has 0 saturated carbocycles. The highest BCUT2D eigenvalue weighted by Crippen LogP contribution is 2.28. The third kappa shape index (κ3) is 2.03. The van der Waals surface area contributed by atoms with Crippen molar-refractivity contribution in [2.45, 2.75) is 6.61 Å². The van der Waals surface area contributed by atoms with Crippen LogP contribution in [0.2, 0.25) is 0 Å². The summed E-state index contributed by atoms with van der Waals surface area (Å²) in [7, 11) is 0. The van der Waals surface area contributed by atoms with E-state index in [1.54, 1.807) is 0 Å². The van der Waals surface area contributed by atoms with Crippen LogP contribution in [0.15, 0.2) is 36.4 Å². The maximum absolute atomic E-state index is 13.8. The molecule has 0 amide bonds. The number of rotatable bonds is 2. The summed E-state index contributed by atoms with van der Waals surface area (Å²) in [5.74, 6) is -2.86. The van der Waals surface area contributed by atoms with Gasteiger partial charge >= 0.3 is 0 Å². The Balaban J connectivity index is 2.65. The van der Waals surface area contributed by atoms with E-state index in [1.807, 2.05) is 0 Å². The van der Waals surface area contributed by atoms with Gasteiger partial charge in [0.2, 0.25) is 0 Å². The molecule has 0 aliphatic carbocycles. The zero-order valence-corrected chi connectivity index (χ0v) is 8.75. The van der Waals surface area contributed by atoms with Gasteiger partial charge in [-0.1, -0.05) is 30.3 Å². The third-order valence-electron chi connectivity index (χ3n) is 2.49. The van der Waals surface area contributed by atoms with Gasteiger partial charge in [-0.3, -0.25) is 0 Å². The lowest BCUT2D eigenvalue weighted by Crippen LogP contribution is -1.96. The van der Waals surface area contributed by atoms with E-state index in [0.717, 1.165) is 6.07 Å². The zero-order chi connectivity index (χ0) is 12.4. The fraction of sp³-hybridized carbons (Fsp3) is 0.0769. The van der Waals surface area contributed by atoms with Gasteiger partial charge < -0.3 is 5.11 Å². The van der Waals surface area contributed by atoms with Crippen LogP contribution >= 0.6 is 0 Å². The van der Waals surface area contributed by atoms with Gasteiger partial charge in [-0.15, -0.1) is 0 Å². The summed E-state index contributed by atoms with van der Waals surface area (Å²) >= 11 is 0. The Morgan fingerprint density at radius 1 is 0.824 bits per heavy atom. The first-order valence-electron chi connectivity index (χ1n) is 4.97. The average molecular weight is 238 g/mol. The first-order chi connectivity index (χ1) is 8.15. The van der Waals surface area contributed by atoms with Crippen LogP contribution in [-0.2, 0) is 6.61 Å². The predicted molar refractivity (Wildman–Crippen MR) is 57.7 cm³/mol. The number of aliphatic hydroxyl groups excluding tert-OH is 1. The van der Waals surface area contributed by atoms with Crippen molar-refractivity contribution in [3.8, 4) is 11.1 Å². The molecular weight excluding hydrogens is 229 g/mol. The van der Waals surface area contributed by atoms with Crippen LogP contribution in [0.5, 0.6) is 0 Å². The minimum atomic E-state index is -1.10. The molecule has 0 bridgehead atoms. The van der Waals surface area contributed by atoms with E-state index in [2.05, 4.69) is 0 Å². The standard InChI is InChI=1S/C13H9F3O/c14-11-6-2-5-10(13(11)16)9-4-1-3-8(7-17)12(9)15/h1-6,17H,7H2. The molecule has 0 heterocycles. The number of hydrogen-bond donors (Lipinski definition) is 1. The SMILES string of the molecule is OCc1cccc(-c2cccc(F)c2F)c1F. The fourth-order valence-corrected chi connectivity index (χ4v) is 1.62. The molecule has 0 fully saturated rings. The van der Waals surface area contributed by atoms with E-state index in [4.69, 9.17) is 5.11 Å². The van der Waals surface area contributed by atoms with Crippen molar-refractivity contribution in [3.05, 3.63) is 59.4 Å². The molecule has 0 radical (unpaired) electrons. The highest BCUT2D eigenvalue weighted by Gasteiger charge is 2.15. The van der Waals surface area contributed by atoms with Crippen LogP contribution in [0, 0.1) is 17.5 Å². The van der Waals surface area contributed by atoms with E-state index < -0.39 is 24.1 Å². The first kappa shape index (κ1) is 11.7. The first-order valence-corrected chi connectivity index (χ1v) is 4.97. The molecule has 0 spiro atoms. The molecule has 2 rings (SSSR count). The molecule has 17 heavy (non-hydrogen) atoms. The van der Waals surface area contributed by atoms with Gasteiger partial charge in [-0.05, 0) is 6.07 Å². The van der Waals surface area contributed by atoms with Gasteiger partial charge in [0.1, 0.15) is 5.82 Å². The summed E-state index contributed by atoms with van der Waals surface area (Å²) in [6.45, 7) is -0.489. The van der Waals surface area contributed by atoms with Gasteiger partial charge in [-0.25, -0.2) is 13.2 Å². The van der Waals surface area contributed by atoms with Crippen LogP contribution in [-0.4, -0.2) is 5.11 Å². The van der Waals surface area contributed by atoms with Gasteiger partial charge in [0.15, 0.2) is 11.6 Å². The Labute approximate surface area is 96.1 Å². The van der Waals surface area contributed by atoms with E-state index in [0.29, 0.717) is 0 Å². The van der Waals surface area contributed by atoms with Gasteiger partial charge in [-0.2, -0.15) is 0 Å². The van der Waals surface area contributed by atoms with Crippen molar-refractivity contribution in [1.82, 2.24) is 0 Å². The Morgan fingerprint density at radius 2 is 1.41 bits per heavy atom. The highest BCUT2D eigenvalue weighted by atomic mass is 19.2. The lowest BCUT2D eigenvalue weighted by atomic mass is 10.0. The zero-order valence-electron chi connectivity index (χ0n) is 8.75. The van der Waals surface area contributed by atoms with Crippen molar-refractivity contribution < 1.29 is 18.3 Å². The van der Waals surface area contributed by atoms with Crippen molar-refractivity contribution in [1.29, 1.82) is 0 Å². The molecule has 0 saturated heterocycles. The molecule has 0 atom stereocenters. The summed E-state index contributed by atoms with van der Waals surface area (Å²) in [6.07, 6.45) is 0. The summed E-state index contributed by atoms with van der Waals surface area (Å²) in [5.41, 5.74) is -0.169.